The van der Waals surface area contributed by atoms with Crippen molar-refractivity contribution in [3.63, 3.8) is 0 Å². The number of aromatic nitrogens is 1. The molecular formula is C14H17ClN2O. The number of nitrogens with zero attached hydrogens (tertiary/aromatic N) is 1. The zero-order valence-electron chi connectivity index (χ0n) is 10.4. The molecule has 0 bridgehead atoms. The van der Waals surface area contributed by atoms with Crippen LogP contribution in [0.25, 0.3) is 0 Å². The van der Waals surface area contributed by atoms with E-state index in [2.05, 4.69) is 11.1 Å². The molecule has 0 saturated heterocycles. The molecule has 18 heavy (non-hydrogen) atoms. The highest BCUT2D eigenvalue weighted by atomic mass is 35.5. The van der Waals surface area contributed by atoms with Crippen LogP contribution in [0.2, 0.25) is 5.02 Å². The summed E-state index contributed by atoms with van der Waals surface area (Å²) in [6.45, 7) is 2.53. The minimum absolute atomic E-state index is 0.598. The van der Waals surface area contributed by atoms with Crippen LogP contribution in [0.15, 0.2) is 28.7 Å². The molecule has 0 radical (unpaired) electrons. The number of oxazole rings is 1. The second-order valence-corrected chi connectivity index (χ2v) is 4.72. The molecule has 0 fully saturated rings. The van der Waals surface area contributed by atoms with Crippen LogP contribution in [0, 0.1) is 6.92 Å². The van der Waals surface area contributed by atoms with Crippen molar-refractivity contribution in [1.82, 2.24) is 4.98 Å². The Morgan fingerprint density at radius 3 is 2.83 bits per heavy atom. The van der Waals surface area contributed by atoms with Gasteiger partial charge >= 0.3 is 0 Å². The lowest BCUT2D eigenvalue weighted by Gasteiger charge is -1.99. The quantitative estimate of drug-likeness (QED) is 0.903. The van der Waals surface area contributed by atoms with Crippen LogP contribution in [0.5, 0.6) is 0 Å². The maximum absolute atomic E-state index is 5.94. The SMILES string of the molecule is Cc1oc(CCc2cccc(Cl)c2)nc1CCN. The molecule has 0 unspecified atom stereocenters. The lowest BCUT2D eigenvalue weighted by atomic mass is 10.1. The Morgan fingerprint density at radius 1 is 1.28 bits per heavy atom. The van der Waals surface area contributed by atoms with Gasteiger partial charge in [-0.2, -0.15) is 0 Å². The highest BCUT2D eigenvalue weighted by Gasteiger charge is 2.08. The van der Waals surface area contributed by atoms with E-state index in [4.69, 9.17) is 21.8 Å². The molecule has 0 aliphatic heterocycles. The van der Waals surface area contributed by atoms with Crippen LogP contribution in [0.4, 0.5) is 0 Å². The van der Waals surface area contributed by atoms with Gasteiger partial charge in [-0.1, -0.05) is 23.7 Å². The first-order valence-electron chi connectivity index (χ1n) is 6.08. The third-order valence-corrected chi connectivity index (χ3v) is 3.07. The zero-order valence-corrected chi connectivity index (χ0v) is 11.2. The molecule has 1 aromatic heterocycles. The largest absolute Gasteiger partial charge is 0.446 e. The molecule has 1 heterocycles. The van der Waals surface area contributed by atoms with Gasteiger partial charge in [0.2, 0.25) is 0 Å². The maximum atomic E-state index is 5.94. The van der Waals surface area contributed by atoms with Crippen molar-refractivity contribution in [2.45, 2.75) is 26.2 Å². The van der Waals surface area contributed by atoms with E-state index < -0.39 is 0 Å². The summed E-state index contributed by atoms with van der Waals surface area (Å²) in [5.74, 6) is 1.65. The van der Waals surface area contributed by atoms with Gasteiger partial charge in [0.05, 0.1) is 5.69 Å². The van der Waals surface area contributed by atoms with Crippen molar-refractivity contribution >= 4 is 11.6 Å². The number of hydrogen-bond acceptors (Lipinski definition) is 3. The topological polar surface area (TPSA) is 52.0 Å². The van der Waals surface area contributed by atoms with Gasteiger partial charge in [-0.3, -0.25) is 0 Å². The number of hydrogen-bond donors (Lipinski definition) is 1. The summed E-state index contributed by atoms with van der Waals surface area (Å²) in [6.07, 6.45) is 2.43. The molecule has 0 atom stereocenters. The monoisotopic (exact) mass is 264 g/mol. The molecule has 2 rings (SSSR count). The van der Waals surface area contributed by atoms with Gasteiger partial charge in [-0.25, -0.2) is 4.98 Å². The van der Waals surface area contributed by atoms with Crippen molar-refractivity contribution in [2.24, 2.45) is 5.73 Å². The summed E-state index contributed by atoms with van der Waals surface area (Å²) >= 11 is 5.94. The molecule has 2 aromatic rings. The lowest BCUT2D eigenvalue weighted by Crippen LogP contribution is -2.04. The van der Waals surface area contributed by atoms with E-state index >= 15 is 0 Å². The molecule has 96 valence electrons. The minimum atomic E-state index is 0.598. The minimum Gasteiger partial charge on any atom is -0.446 e. The number of aryl methyl sites for hydroxylation is 3. The van der Waals surface area contributed by atoms with Crippen molar-refractivity contribution in [1.29, 1.82) is 0 Å². The van der Waals surface area contributed by atoms with E-state index in [-0.39, 0.29) is 0 Å². The number of nitrogens with two attached hydrogens (primary N) is 1. The van der Waals surface area contributed by atoms with Crippen molar-refractivity contribution in [3.8, 4) is 0 Å². The van der Waals surface area contributed by atoms with Crippen LogP contribution >= 0.6 is 11.6 Å². The lowest BCUT2D eigenvalue weighted by molar-refractivity contribution is 0.469. The van der Waals surface area contributed by atoms with Gasteiger partial charge in [-0.05, 0) is 37.6 Å². The predicted octanol–water partition coefficient (Wildman–Crippen LogP) is 2.92. The molecule has 0 aliphatic rings. The normalized spacial score (nSPS) is 10.8. The van der Waals surface area contributed by atoms with Crippen molar-refractivity contribution in [2.75, 3.05) is 6.54 Å². The summed E-state index contributed by atoms with van der Waals surface area (Å²) in [4.78, 5) is 4.46. The Hall–Kier alpha value is -1.32. The van der Waals surface area contributed by atoms with E-state index in [1.54, 1.807) is 0 Å². The van der Waals surface area contributed by atoms with Gasteiger partial charge in [0, 0.05) is 17.9 Å². The highest BCUT2D eigenvalue weighted by Crippen LogP contribution is 2.15. The third-order valence-electron chi connectivity index (χ3n) is 2.83. The van der Waals surface area contributed by atoms with Crippen LogP contribution < -0.4 is 5.73 Å². The molecule has 0 aliphatic carbocycles. The van der Waals surface area contributed by atoms with Crippen LogP contribution in [0.1, 0.15) is 22.9 Å². The van der Waals surface area contributed by atoms with Gasteiger partial charge in [-0.15, -0.1) is 0 Å². The van der Waals surface area contributed by atoms with E-state index in [0.29, 0.717) is 6.54 Å². The van der Waals surface area contributed by atoms with Crippen LogP contribution in [0.3, 0.4) is 0 Å². The molecule has 0 amide bonds. The van der Waals surface area contributed by atoms with Crippen LogP contribution in [-0.2, 0) is 19.3 Å². The summed E-state index contributed by atoms with van der Waals surface area (Å²) < 4.78 is 5.62. The average molecular weight is 265 g/mol. The second kappa shape index (κ2) is 6.03. The standard InChI is InChI=1S/C14H17ClN2O/c1-10-13(7-8-16)17-14(18-10)6-5-11-3-2-4-12(15)9-11/h2-4,9H,5-8,16H2,1H3. The average Bonchev–Trinajstić information content (AvgIpc) is 2.69. The van der Waals surface area contributed by atoms with Crippen molar-refractivity contribution < 1.29 is 4.42 Å². The van der Waals surface area contributed by atoms with Crippen molar-refractivity contribution in [3.05, 3.63) is 52.2 Å². The third kappa shape index (κ3) is 3.34. The Kier molecular flexibility index (Phi) is 4.39. The summed E-state index contributed by atoms with van der Waals surface area (Å²) in [5.41, 5.74) is 7.69. The first kappa shape index (κ1) is 13.1. The Balaban J connectivity index is 2.00. The first-order valence-corrected chi connectivity index (χ1v) is 6.46. The molecule has 0 saturated carbocycles. The van der Waals surface area contributed by atoms with Gasteiger partial charge in [0.15, 0.2) is 5.89 Å². The highest BCUT2D eigenvalue weighted by molar-refractivity contribution is 6.30. The van der Waals surface area contributed by atoms with Gasteiger partial charge in [0.25, 0.3) is 0 Å². The summed E-state index contributed by atoms with van der Waals surface area (Å²) in [7, 11) is 0. The summed E-state index contributed by atoms with van der Waals surface area (Å²) in [5, 5.41) is 0.764. The van der Waals surface area contributed by atoms with E-state index in [9.17, 15) is 0 Å². The maximum Gasteiger partial charge on any atom is 0.194 e. The van der Waals surface area contributed by atoms with E-state index in [1.807, 2.05) is 25.1 Å². The predicted molar refractivity (Wildman–Crippen MR) is 72.9 cm³/mol. The van der Waals surface area contributed by atoms with Gasteiger partial charge in [0.1, 0.15) is 5.76 Å². The Morgan fingerprint density at radius 2 is 2.11 bits per heavy atom. The number of benzene rings is 1. The Bertz CT molecular complexity index is 522. The summed E-state index contributed by atoms with van der Waals surface area (Å²) in [6, 6.07) is 7.86. The molecule has 1 aromatic carbocycles. The van der Waals surface area contributed by atoms with Gasteiger partial charge < -0.3 is 10.2 Å². The fourth-order valence-electron chi connectivity index (χ4n) is 1.91. The molecule has 3 nitrogen and oxygen atoms in total. The van der Waals surface area contributed by atoms with Crippen LogP contribution in [-0.4, -0.2) is 11.5 Å². The zero-order chi connectivity index (χ0) is 13.0. The van der Waals surface area contributed by atoms with E-state index in [0.717, 1.165) is 41.6 Å². The second-order valence-electron chi connectivity index (χ2n) is 4.28. The molecular weight excluding hydrogens is 248 g/mol. The molecule has 2 N–H and O–H groups in total. The molecule has 0 spiro atoms. The number of halogens is 1. The van der Waals surface area contributed by atoms with E-state index in [1.165, 1.54) is 5.56 Å². The fourth-order valence-corrected chi connectivity index (χ4v) is 2.12. The smallest absolute Gasteiger partial charge is 0.194 e. The number of rotatable bonds is 5. The fraction of sp³-hybridized carbons (Fsp3) is 0.357. The molecule has 4 heteroatoms. The first-order chi connectivity index (χ1) is 8.69. The Labute approximate surface area is 112 Å².